The highest BCUT2D eigenvalue weighted by Crippen LogP contribution is 2.21. The monoisotopic (exact) mass is 414 g/mol. The van der Waals surface area contributed by atoms with E-state index in [2.05, 4.69) is 10.3 Å². The smallest absolute Gasteiger partial charge is 0.244 e. The molecule has 0 saturated heterocycles. The summed E-state index contributed by atoms with van der Waals surface area (Å²) in [5, 5.41) is 5.65. The first kappa shape index (κ1) is 20.7. The average Bonchev–Trinajstić information content (AvgIpc) is 3.12. The molecule has 1 unspecified atom stereocenters. The number of nitrogens with one attached hydrogen (secondary N) is 1. The summed E-state index contributed by atoms with van der Waals surface area (Å²) in [6.45, 7) is 3.98. The van der Waals surface area contributed by atoms with Crippen LogP contribution in [0.2, 0.25) is 0 Å². The van der Waals surface area contributed by atoms with Gasteiger partial charge in [0.05, 0.1) is 16.7 Å². The molecular formula is C22H20F2N2O2S. The fraction of sp³-hybridized carbons (Fsp3) is 0.182. The third-order valence-corrected chi connectivity index (χ3v) is 5.00. The van der Waals surface area contributed by atoms with E-state index in [0.717, 1.165) is 28.4 Å². The molecule has 1 atom stereocenters. The van der Waals surface area contributed by atoms with Gasteiger partial charge in [0.25, 0.3) is 0 Å². The third-order valence-electron chi connectivity index (χ3n) is 4.18. The number of para-hydroxylation sites is 1. The number of aromatic nitrogens is 1. The molecule has 0 fully saturated rings. The van der Waals surface area contributed by atoms with Gasteiger partial charge in [0.15, 0.2) is 11.6 Å². The highest BCUT2D eigenvalue weighted by atomic mass is 32.1. The van der Waals surface area contributed by atoms with Gasteiger partial charge in [-0.2, -0.15) is 0 Å². The van der Waals surface area contributed by atoms with Crippen LogP contribution in [0.5, 0.6) is 5.75 Å². The molecule has 1 aromatic heterocycles. The zero-order valence-corrected chi connectivity index (χ0v) is 16.8. The Morgan fingerprint density at radius 2 is 2.03 bits per heavy atom. The molecule has 29 heavy (non-hydrogen) atoms. The molecule has 2 aromatic carbocycles. The molecule has 7 heteroatoms. The molecule has 0 saturated carbocycles. The second kappa shape index (κ2) is 9.43. The Morgan fingerprint density at radius 1 is 1.24 bits per heavy atom. The SMILES string of the molecule is Cc1nc(COc2ccccc2/C=C/C(=O)NC(C)c2ccc(F)c(F)c2)cs1. The Balaban J connectivity index is 1.62. The Hall–Kier alpha value is -3.06. The summed E-state index contributed by atoms with van der Waals surface area (Å²) in [5.74, 6) is -1.58. The van der Waals surface area contributed by atoms with Crippen LogP contribution in [0.1, 0.15) is 34.8 Å². The lowest BCUT2D eigenvalue weighted by molar-refractivity contribution is -0.117. The molecule has 1 N–H and O–H groups in total. The van der Waals surface area contributed by atoms with Crippen LogP contribution in [0.25, 0.3) is 6.08 Å². The van der Waals surface area contributed by atoms with E-state index in [9.17, 15) is 13.6 Å². The standard InChI is InChI=1S/C22H20F2N2O2S/c1-14(17-7-9-19(23)20(24)11-17)25-22(27)10-8-16-5-3-4-6-21(16)28-12-18-13-29-15(2)26-18/h3-11,13-14H,12H2,1-2H3,(H,25,27)/b10-8+. The molecular weight excluding hydrogens is 394 g/mol. The molecule has 0 radical (unpaired) electrons. The molecule has 0 bridgehead atoms. The number of carbonyl (C=O) groups excluding carboxylic acids is 1. The third kappa shape index (κ3) is 5.71. The molecule has 1 amide bonds. The minimum Gasteiger partial charge on any atom is -0.487 e. The number of benzene rings is 2. The summed E-state index contributed by atoms with van der Waals surface area (Å²) in [6, 6.07) is 10.4. The molecule has 150 valence electrons. The van der Waals surface area contributed by atoms with Crippen molar-refractivity contribution in [3.8, 4) is 5.75 Å². The van der Waals surface area contributed by atoms with Crippen molar-refractivity contribution in [2.75, 3.05) is 0 Å². The summed E-state index contributed by atoms with van der Waals surface area (Å²) < 4.78 is 32.3. The first-order chi connectivity index (χ1) is 13.9. The molecule has 3 aromatic rings. The lowest BCUT2D eigenvalue weighted by Crippen LogP contribution is -2.24. The number of carbonyl (C=O) groups is 1. The van der Waals surface area contributed by atoms with Crippen molar-refractivity contribution in [1.82, 2.24) is 10.3 Å². The number of amides is 1. The van der Waals surface area contributed by atoms with Crippen LogP contribution >= 0.6 is 11.3 Å². The van der Waals surface area contributed by atoms with Crippen molar-refractivity contribution in [3.05, 3.63) is 87.4 Å². The fourth-order valence-electron chi connectivity index (χ4n) is 2.67. The number of halogens is 2. The van der Waals surface area contributed by atoms with Crippen LogP contribution in [0.4, 0.5) is 8.78 Å². The molecule has 0 spiro atoms. The minimum atomic E-state index is -0.944. The van der Waals surface area contributed by atoms with Gasteiger partial charge in [-0.3, -0.25) is 4.79 Å². The fourth-order valence-corrected chi connectivity index (χ4v) is 3.27. The van der Waals surface area contributed by atoms with Crippen molar-refractivity contribution in [3.63, 3.8) is 0 Å². The normalized spacial score (nSPS) is 12.1. The molecule has 4 nitrogen and oxygen atoms in total. The summed E-state index contributed by atoms with van der Waals surface area (Å²) in [5.41, 5.74) is 2.08. The highest BCUT2D eigenvalue weighted by molar-refractivity contribution is 7.09. The van der Waals surface area contributed by atoms with Crippen molar-refractivity contribution >= 4 is 23.3 Å². The lowest BCUT2D eigenvalue weighted by atomic mass is 10.1. The zero-order chi connectivity index (χ0) is 20.8. The van der Waals surface area contributed by atoms with Crippen LogP contribution in [-0.4, -0.2) is 10.9 Å². The highest BCUT2D eigenvalue weighted by Gasteiger charge is 2.11. The van der Waals surface area contributed by atoms with Gasteiger partial charge >= 0.3 is 0 Å². The van der Waals surface area contributed by atoms with Gasteiger partial charge < -0.3 is 10.1 Å². The van der Waals surface area contributed by atoms with E-state index in [1.165, 1.54) is 12.1 Å². The van der Waals surface area contributed by atoms with Crippen molar-refractivity contribution in [1.29, 1.82) is 0 Å². The van der Waals surface area contributed by atoms with Crippen molar-refractivity contribution in [2.24, 2.45) is 0 Å². The van der Waals surface area contributed by atoms with Crippen molar-refractivity contribution < 1.29 is 18.3 Å². The molecule has 0 aliphatic carbocycles. The van der Waals surface area contributed by atoms with Crippen LogP contribution in [0.3, 0.4) is 0 Å². The van der Waals surface area contributed by atoms with E-state index < -0.39 is 17.7 Å². The maximum atomic E-state index is 13.4. The zero-order valence-electron chi connectivity index (χ0n) is 16.0. The number of rotatable bonds is 7. The Bertz CT molecular complexity index is 1030. The largest absolute Gasteiger partial charge is 0.487 e. The quantitative estimate of drug-likeness (QED) is 0.541. The number of nitrogens with zero attached hydrogens (tertiary/aromatic N) is 1. The molecule has 0 aliphatic rings. The maximum absolute atomic E-state index is 13.4. The number of ether oxygens (including phenoxy) is 1. The van der Waals surface area contributed by atoms with Crippen LogP contribution < -0.4 is 10.1 Å². The van der Waals surface area contributed by atoms with Gasteiger partial charge in [-0.05, 0) is 43.7 Å². The number of hydrogen-bond acceptors (Lipinski definition) is 4. The van der Waals surface area contributed by atoms with Gasteiger partial charge in [-0.15, -0.1) is 11.3 Å². The van der Waals surface area contributed by atoms with Gasteiger partial charge in [0.1, 0.15) is 12.4 Å². The van der Waals surface area contributed by atoms with E-state index in [-0.39, 0.29) is 5.91 Å². The first-order valence-corrected chi connectivity index (χ1v) is 9.86. The van der Waals surface area contributed by atoms with Gasteiger partial charge in [-0.1, -0.05) is 24.3 Å². The lowest BCUT2D eigenvalue weighted by Gasteiger charge is -2.13. The molecule has 0 aliphatic heterocycles. The second-order valence-electron chi connectivity index (χ2n) is 6.42. The Kier molecular flexibility index (Phi) is 6.72. The topological polar surface area (TPSA) is 51.2 Å². The van der Waals surface area contributed by atoms with E-state index in [1.54, 1.807) is 24.3 Å². The van der Waals surface area contributed by atoms with Crippen LogP contribution in [-0.2, 0) is 11.4 Å². The summed E-state index contributed by atoms with van der Waals surface area (Å²) in [7, 11) is 0. The summed E-state index contributed by atoms with van der Waals surface area (Å²) in [6.07, 6.45) is 3.03. The van der Waals surface area contributed by atoms with Crippen molar-refractivity contribution in [2.45, 2.75) is 26.5 Å². The summed E-state index contributed by atoms with van der Waals surface area (Å²) >= 11 is 1.56. The Morgan fingerprint density at radius 3 is 2.76 bits per heavy atom. The number of hydrogen-bond donors (Lipinski definition) is 1. The first-order valence-electron chi connectivity index (χ1n) is 8.98. The van der Waals surface area contributed by atoms with E-state index in [0.29, 0.717) is 17.9 Å². The second-order valence-corrected chi connectivity index (χ2v) is 7.48. The van der Waals surface area contributed by atoms with E-state index in [4.69, 9.17) is 4.74 Å². The predicted molar refractivity (Wildman–Crippen MR) is 110 cm³/mol. The average molecular weight is 414 g/mol. The number of thiazole rings is 1. The number of aryl methyl sites for hydroxylation is 1. The van der Waals surface area contributed by atoms with Gasteiger partial charge in [0.2, 0.25) is 5.91 Å². The van der Waals surface area contributed by atoms with Gasteiger partial charge in [-0.25, -0.2) is 13.8 Å². The molecule has 1 heterocycles. The van der Waals surface area contributed by atoms with Crippen LogP contribution in [0, 0.1) is 18.6 Å². The predicted octanol–water partition coefficient (Wildman–Crippen LogP) is 5.20. The van der Waals surface area contributed by atoms with E-state index in [1.807, 2.05) is 36.6 Å². The van der Waals surface area contributed by atoms with Gasteiger partial charge in [0, 0.05) is 17.0 Å². The van der Waals surface area contributed by atoms with Crippen LogP contribution in [0.15, 0.2) is 53.9 Å². The maximum Gasteiger partial charge on any atom is 0.244 e. The summed E-state index contributed by atoms with van der Waals surface area (Å²) in [4.78, 5) is 16.6. The minimum absolute atomic E-state index is 0.342. The Labute approximate surface area is 171 Å². The molecule has 3 rings (SSSR count). The van der Waals surface area contributed by atoms with E-state index >= 15 is 0 Å².